The number of rotatable bonds is 8. The van der Waals surface area contributed by atoms with Gasteiger partial charge in [0, 0.05) is 37.5 Å². The van der Waals surface area contributed by atoms with Crippen LogP contribution in [0.1, 0.15) is 51.0 Å². The Kier molecular flexibility index (Phi) is 9.07. The smallest absolute Gasteiger partial charge is 0.221 e. The van der Waals surface area contributed by atoms with Gasteiger partial charge in [-0.2, -0.15) is 0 Å². The molecule has 0 saturated carbocycles. The summed E-state index contributed by atoms with van der Waals surface area (Å²) in [6.07, 6.45) is 2.97. The van der Waals surface area contributed by atoms with E-state index in [0.29, 0.717) is 19.0 Å². The Labute approximate surface area is 167 Å². The van der Waals surface area contributed by atoms with Gasteiger partial charge in [-0.15, -0.1) is 11.3 Å². The van der Waals surface area contributed by atoms with Crippen LogP contribution in [-0.4, -0.2) is 56.0 Å². The number of hydrogen-bond acceptors (Lipinski definition) is 4. The van der Waals surface area contributed by atoms with E-state index < -0.39 is 0 Å². The molecule has 2 rings (SSSR count). The second-order valence-corrected chi connectivity index (χ2v) is 8.58. The maximum Gasteiger partial charge on any atom is 0.221 e. The van der Waals surface area contributed by atoms with Crippen molar-refractivity contribution in [2.75, 3.05) is 33.2 Å². The van der Waals surface area contributed by atoms with Crippen LogP contribution in [0.2, 0.25) is 0 Å². The molecule has 1 amide bonds. The number of thiophene rings is 1. The highest BCUT2D eigenvalue weighted by Crippen LogP contribution is 2.28. The van der Waals surface area contributed by atoms with Crippen molar-refractivity contribution in [2.24, 2.45) is 10.9 Å². The van der Waals surface area contributed by atoms with Gasteiger partial charge >= 0.3 is 0 Å². The Balaban J connectivity index is 1.84. The molecule has 0 aliphatic carbocycles. The van der Waals surface area contributed by atoms with Gasteiger partial charge in [-0.25, -0.2) is 0 Å². The lowest BCUT2D eigenvalue weighted by Gasteiger charge is -2.36. The van der Waals surface area contributed by atoms with Crippen molar-refractivity contribution in [3.8, 4) is 0 Å². The number of amides is 1. The van der Waals surface area contributed by atoms with E-state index in [1.165, 1.54) is 17.7 Å². The van der Waals surface area contributed by atoms with Gasteiger partial charge in [-0.3, -0.25) is 14.7 Å². The van der Waals surface area contributed by atoms with E-state index in [1.807, 2.05) is 25.2 Å². The average molecular weight is 394 g/mol. The van der Waals surface area contributed by atoms with Gasteiger partial charge in [0.1, 0.15) is 0 Å². The molecule has 0 aromatic carbocycles. The highest BCUT2D eigenvalue weighted by Gasteiger charge is 2.25. The molecule has 0 spiro atoms. The number of carbonyl (C=O) groups excluding carboxylic acids is 1. The van der Waals surface area contributed by atoms with Gasteiger partial charge in [0.2, 0.25) is 5.91 Å². The Bertz CT molecular complexity index is 579. The van der Waals surface area contributed by atoms with Crippen LogP contribution in [0.5, 0.6) is 0 Å². The SMILES string of the molecule is CN=C(NCCC(=O)NC(C)C)NCC(c1cccs1)N1CCC(C)CC1. The molecule has 2 heterocycles. The number of hydrogen-bond donors (Lipinski definition) is 3. The minimum absolute atomic E-state index is 0.0619. The maximum atomic E-state index is 11.8. The molecule has 7 heteroatoms. The molecular formula is C20H35N5OS. The largest absolute Gasteiger partial charge is 0.356 e. The molecule has 0 radical (unpaired) electrons. The van der Waals surface area contributed by atoms with Crippen molar-refractivity contribution in [1.82, 2.24) is 20.9 Å². The first-order chi connectivity index (χ1) is 13.0. The Morgan fingerprint density at radius 3 is 2.67 bits per heavy atom. The van der Waals surface area contributed by atoms with Crippen LogP contribution in [0.4, 0.5) is 0 Å². The molecule has 3 N–H and O–H groups in total. The molecule has 6 nitrogen and oxygen atoms in total. The lowest BCUT2D eigenvalue weighted by Crippen LogP contribution is -2.45. The molecule has 1 fully saturated rings. The summed E-state index contributed by atoms with van der Waals surface area (Å²) in [7, 11) is 1.77. The number of piperidine rings is 1. The standard InChI is InChI=1S/C20H35N5OS/c1-15(2)24-19(26)7-10-22-20(21-4)23-14-17(18-6-5-13-27-18)25-11-8-16(3)9-12-25/h5-6,13,15-17H,7-12,14H2,1-4H3,(H,24,26)(H2,21,22,23). The summed E-state index contributed by atoms with van der Waals surface area (Å²) in [5.74, 6) is 1.63. The van der Waals surface area contributed by atoms with Gasteiger partial charge in [-0.1, -0.05) is 13.0 Å². The fourth-order valence-corrected chi connectivity index (χ4v) is 4.19. The van der Waals surface area contributed by atoms with Crippen LogP contribution in [0.3, 0.4) is 0 Å². The van der Waals surface area contributed by atoms with Crippen LogP contribution < -0.4 is 16.0 Å². The molecule has 1 unspecified atom stereocenters. The number of likely N-dealkylation sites (tertiary alicyclic amines) is 1. The summed E-state index contributed by atoms with van der Waals surface area (Å²) < 4.78 is 0. The Hall–Kier alpha value is -1.60. The van der Waals surface area contributed by atoms with Crippen LogP contribution >= 0.6 is 11.3 Å². The fraction of sp³-hybridized carbons (Fsp3) is 0.700. The maximum absolute atomic E-state index is 11.8. The minimum Gasteiger partial charge on any atom is -0.356 e. The minimum atomic E-state index is 0.0619. The zero-order valence-corrected chi connectivity index (χ0v) is 17.9. The van der Waals surface area contributed by atoms with E-state index in [4.69, 9.17) is 0 Å². The quantitative estimate of drug-likeness (QED) is 0.469. The van der Waals surface area contributed by atoms with Gasteiger partial charge < -0.3 is 16.0 Å². The highest BCUT2D eigenvalue weighted by molar-refractivity contribution is 7.10. The van der Waals surface area contributed by atoms with Crippen molar-refractivity contribution in [1.29, 1.82) is 0 Å². The summed E-state index contributed by atoms with van der Waals surface area (Å²) in [4.78, 5) is 20.0. The molecular weight excluding hydrogens is 358 g/mol. The first kappa shape index (κ1) is 21.7. The van der Waals surface area contributed by atoms with Gasteiger partial charge in [0.25, 0.3) is 0 Å². The Morgan fingerprint density at radius 1 is 1.33 bits per heavy atom. The third kappa shape index (κ3) is 7.50. The third-order valence-corrected chi connectivity index (χ3v) is 5.88. The predicted octanol–water partition coefficient (Wildman–Crippen LogP) is 2.60. The second-order valence-electron chi connectivity index (χ2n) is 7.60. The average Bonchev–Trinajstić information content (AvgIpc) is 3.15. The van der Waals surface area contributed by atoms with E-state index in [2.05, 4.69) is 50.3 Å². The van der Waals surface area contributed by atoms with Crippen molar-refractivity contribution in [2.45, 2.75) is 52.1 Å². The summed E-state index contributed by atoms with van der Waals surface area (Å²) in [5, 5.41) is 11.8. The normalized spacial score (nSPS) is 17.7. The second kappa shape index (κ2) is 11.3. The molecule has 152 valence electrons. The van der Waals surface area contributed by atoms with Crippen molar-refractivity contribution < 1.29 is 4.79 Å². The molecule has 27 heavy (non-hydrogen) atoms. The lowest BCUT2D eigenvalue weighted by molar-refractivity contribution is -0.121. The van der Waals surface area contributed by atoms with Crippen LogP contribution in [0, 0.1) is 5.92 Å². The van der Waals surface area contributed by atoms with E-state index in [-0.39, 0.29) is 11.9 Å². The number of nitrogens with one attached hydrogen (secondary N) is 3. The first-order valence-corrected chi connectivity index (χ1v) is 10.9. The van der Waals surface area contributed by atoms with E-state index in [1.54, 1.807) is 7.05 Å². The number of guanidine groups is 1. The summed E-state index contributed by atoms with van der Waals surface area (Å²) >= 11 is 1.82. The molecule has 1 atom stereocenters. The predicted molar refractivity (Wildman–Crippen MR) is 114 cm³/mol. The van der Waals surface area contributed by atoms with E-state index in [0.717, 1.165) is 31.5 Å². The fourth-order valence-electron chi connectivity index (χ4n) is 3.33. The van der Waals surface area contributed by atoms with Crippen molar-refractivity contribution in [3.63, 3.8) is 0 Å². The van der Waals surface area contributed by atoms with Crippen LogP contribution in [-0.2, 0) is 4.79 Å². The lowest BCUT2D eigenvalue weighted by atomic mass is 9.97. The molecule has 1 aromatic rings. The highest BCUT2D eigenvalue weighted by atomic mass is 32.1. The molecule has 1 aromatic heterocycles. The number of aliphatic imine (C=N–C) groups is 1. The van der Waals surface area contributed by atoms with Gasteiger partial charge in [0.05, 0.1) is 6.04 Å². The van der Waals surface area contributed by atoms with Gasteiger partial charge in [-0.05, 0) is 57.1 Å². The summed E-state index contributed by atoms with van der Waals surface area (Å²) in [5.41, 5.74) is 0. The topological polar surface area (TPSA) is 68.8 Å². The zero-order valence-electron chi connectivity index (χ0n) is 17.1. The van der Waals surface area contributed by atoms with Crippen LogP contribution in [0.15, 0.2) is 22.5 Å². The van der Waals surface area contributed by atoms with Crippen LogP contribution in [0.25, 0.3) is 0 Å². The Morgan fingerprint density at radius 2 is 2.07 bits per heavy atom. The number of nitrogens with zero attached hydrogens (tertiary/aromatic N) is 2. The van der Waals surface area contributed by atoms with E-state index in [9.17, 15) is 4.79 Å². The van der Waals surface area contributed by atoms with Gasteiger partial charge in [0.15, 0.2) is 5.96 Å². The van der Waals surface area contributed by atoms with Crippen molar-refractivity contribution >= 4 is 23.2 Å². The van der Waals surface area contributed by atoms with Crippen molar-refractivity contribution in [3.05, 3.63) is 22.4 Å². The number of carbonyl (C=O) groups is 1. The zero-order chi connectivity index (χ0) is 19.6. The molecule has 1 saturated heterocycles. The monoisotopic (exact) mass is 393 g/mol. The molecule has 1 aliphatic heterocycles. The first-order valence-electron chi connectivity index (χ1n) is 10.0. The van der Waals surface area contributed by atoms with E-state index >= 15 is 0 Å². The summed E-state index contributed by atoms with van der Waals surface area (Å²) in [6.45, 7) is 9.96. The summed E-state index contributed by atoms with van der Waals surface area (Å²) in [6, 6.07) is 4.88. The third-order valence-electron chi connectivity index (χ3n) is 4.91. The molecule has 0 bridgehead atoms. The molecule has 1 aliphatic rings.